The number of carbonyl (C=O) groups excluding carboxylic acids is 2. The number of ether oxygens (including phenoxy) is 1. The molecule has 168 valence electrons. The predicted molar refractivity (Wildman–Crippen MR) is 116 cm³/mol. The fourth-order valence-electron chi connectivity index (χ4n) is 3.65. The van der Waals surface area contributed by atoms with Gasteiger partial charge in [0.15, 0.2) is 0 Å². The van der Waals surface area contributed by atoms with Crippen LogP contribution < -0.4 is 15.0 Å². The van der Waals surface area contributed by atoms with E-state index in [0.29, 0.717) is 6.61 Å². The highest BCUT2D eigenvalue weighted by Gasteiger charge is 2.31. The molecule has 2 aromatic carbocycles. The molecule has 0 bridgehead atoms. The smallest absolute Gasteiger partial charge is 0.492 e. The first-order valence-electron chi connectivity index (χ1n) is 10.0. The van der Waals surface area contributed by atoms with Gasteiger partial charge < -0.3 is 24.8 Å². The Balaban J connectivity index is 1.73. The van der Waals surface area contributed by atoms with Crippen molar-refractivity contribution in [2.45, 2.75) is 25.5 Å². The molecule has 32 heavy (non-hydrogen) atoms. The van der Waals surface area contributed by atoms with Gasteiger partial charge >= 0.3 is 7.32 Å². The molecular weight excluding hydrogens is 418 g/mol. The van der Waals surface area contributed by atoms with Crippen LogP contribution in [0, 0.1) is 12.7 Å². The maximum atomic E-state index is 14.2. The lowest BCUT2D eigenvalue weighted by Crippen LogP contribution is -2.47. The van der Waals surface area contributed by atoms with Crippen molar-refractivity contribution in [3.8, 4) is 5.75 Å². The molecule has 0 saturated carbocycles. The van der Waals surface area contributed by atoms with Crippen molar-refractivity contribution in [3.05, 3.63) is 72.1 Å². The SMILES string of the molecule is C=CC(=O)N(CC(=O)N[C@@H](C[C@H]1COc2c(C)cccc21)OB(O)O)c1ccccc1F. The van der Waals surface area contributed by atoms with Crippen LogP contribution in [0.5, 0.6) is 5.75 Å². The number of hydrogen-bond acceptors (Lipinski definition) is 6. The molecule has 0 aromatic heterocycles. The number of nitrogens with one attached hydrogen (secondary N) is 1. The van der Waals surface area contributed by atoms with Gasteiger partial charge in [0.2, 0.25) is 5.91 Å². The van der Waals surface area contributed by atoms with Crippen molar-refractivity contribution >= 4 is 24.8 Å². The number of hydrogen-bond donors (Lipinski definition) is 3. The zero-order chi connectivity index (χ0) is 23.3. The molecule has 0 aliphatic carbocycles. The van der Waals surface area contributed by atoms with E-state index >= 15 is 0 Å². The van der Waals surface area contributed by atoms with Crippen LogP contribution in [-0.4, -0.2) is 48.6 Å². The van der Waals surface area contributed by atoms with Crippen molar-refractivity contribution in [2.24, 2.45) is 0 Å². The van der Waals surface area contributed by atoms with Gasteiger partial charge in [0.25, 0.3) is 5.91 Å². The third-order valence-electron chi connectivity index (χ3n) is 5.10. The van der Waals surface area contributed by atoms with E-state index in [2.05, 4.69) is 11.9 Å². The number of fused-ring (bicyclic) bond motifs is 1. The molecule has 3 N–H and O–H groups in total. The van der Waals surface area contributed by atoms with Crippen LogP contribution in [0.1, 0.15) is 23.5 Å². The number of aryl methyl sites for hydroxylation is 1. The molecule has 8 nitrogen and oxygen atoms in total. The molecule has 1 aliphatic heterocycles. The van der Waals surface area contributed by atoms with Crippen LogP contribution >= 0.6 is 0 Å². The summed E-state index contributed by atoms with van der Waals surface area (Å²) in [6.45, 7) is 5.13. The minimum absolute atomic E-state index is 0.0826. The van der Waals surface area contributed by atoms with Crippen molar-refractivity contribution in [3.63, 3.8) is 0 Å². The summed E-state index contributed by atoms with van der Waals surface area (Å²) in [7, 11) is -2.13. The van der Waals surface area contributed by atoms with Gasteiger partial charge in [-0.25, -0.2) is 4.39 Å². The third kappa shape index (κ3) is 5.53. The quantitative estimate of drug-likeness (QED) is 0.310. The molecule has 1 heterocycles. The van der Waals surface area contributed by atoms with E-state index < -0.39 is 37.7 Å². The highest BCUT2D eigenvalue weighted by Crippen LogP contribution is 2.38. The highest BCUT2D eigenvalue weighted by molar-refractivity contribution is 6.32. The van der Waals surface area contributed by atoms with Gasteiger partial charge in [-0.15, -0.1) is 0 Å². The van der Waals surface area contributed by atoms with Gasteiger partial charge in [0.1, 0.15) is 24.3 Å². The zero-order valence-corrected chi connectivity index (χ0v) is 17.5. The van der Waals surface area contributed by atoms with Crippen LogP contribution in [-0.2, 0) is 14.2 Å². The fourth-order valence-corrected chi connectivity index (χ4v) is 3.65. The summed E-state index contributed by atoms with van der Waals surface area (Å²) in [4.78, 5) is 25.9. The second-order valence-corrected chi connectivity index (χ2v) is 7.34. The van der Waals surface area contributed by atoms with E-state index in [-0.39, 0.29) is 18.0 Å². The van der Waals surface area contributed by atoms with E-state index in [1.807, 2.05) is 25.1 Å². The Labute approximate surface area is 185 Å². The number of halogens is 1. The van der Waals surface area contributed by atoms with Crippen molar-refractivity contribution in [2.75, 3.05) is 18.1 Å². The second kappa shape index (κ2) is 10.4. The Morgan fingerprint density at radius 1 is 1.34 bits per heavy atom. The summed E-state index contributed by atoms with van der Waals surface area (Å²) in [5, 5.41) is 21.1. The average Bonchev–Trinajstić information content (AvgIpc) is 3.15. The summed E-state index contributed by atoms with van der Waals surface area (Å²) in [5.74, 6) is -1.43. The number of amides is 2. The lowest BCUT2D eigenvalue weighted by molar-refractivity contribution is -0.124. The summed E-state index contributed by atoms with van der Waals surface area (Å²) >= 11 is 0. The van der Waals surface area contributed by atoms with Gasteiger partial charge in [-0.05, 0) is 30.7 Å². The normalized spacial score (nSPS) is 15.3. The van der Waals surface area contributed by atoms with Gasteiger partial charge in [-0.3, -0.25) is 14.5 Å². The number of carbonyl (C=O) groups is 2. The van der Waals surface area contributed by atoms with Crippen LogP contribution in [0.3, 0.4) is 0 Å². The van der Waals surface area contributed by atoms with Crippen molar-refractivity contribution in [1.29, 1.82) is 0 Å². The van der Waals surface area contributed by atoms with E-state index in [1.54, 1.807) is 0 Å². The van der Waals surface area contributed by atoms with Crippen LogP contribution in [0.4, 0.5) is 10.1 Å². The summed E-state index contributed by atoms with van der Waals surface area (Å²) in [6.07, 6.45) is 0.0683. The molecule has 3 rings (SSSR count). The molecule has 2 atom stereocenters. The molecule has 0 fully saturated rings. The Kier molecular flexibility index (Phi) is 7.63. The first-order valence-corrected chi connectivity index (χ1v) is 10.0. The molecule has 10 heteroatoms. The molecule has 0 radical (unpaired) electrons. The molecule has 0 unspecified atom stereocenters. The fraction of sp³-hybridized carbons (Fsp3) is 0.273. The lowest BCUT2D eigenvalue weighted by atomic mass is 9.95. The predicted octanol–water partition coefficient (Wildman–Crippen LogP) is 1.65. The molecule has 0 saturated heterocycles. The Hall–Kier alpha value is -3.21. The van der Waals surface area contributed by atoms with Gasteiger partial charge in [-0.2, -0.15) is 0 Å². The van der Waals surface area contributed by atoms with Crippen LogP contribution in [0.15, 0.2) is 55.1 Å². The maximum absolute atomic E-state index is 14.2. The molecule has 2 aromatic rings. The standard InChI is InChI=1S/C22H24BFN2O6/c1-3-21(28)26(18-10-5-4-9-17(18)24)12-19(27)25-20(32-23(29)30)11-15-13-31-22-14(2)7-6-8-16(15)22/h3-10,15,20,29-30H,1,11-13H2,2H3,(H,25,27)/t15-,20+/m0/s1. The number of anilines is 1. The largest absolute Gasteiger partial charge is 0.635 e. The molecule has 1 aliphatic rings. The van der Waals surface area contributed by atoms with Crippen LogP contribution in [0.25, 0.3) is 0 Å². The monoisotopic (exact) mass is 442 g/mol. The van der Waals surface area contributed by atoms with Gasteiger partial charge in [0, 0.05) is 17.9 Å². The summed E-state index contributed by atoms with van der Waals surface area (Å²) in [6, 6.07) is 11.2. The molecule has 0 spiro atoms. The van der Waals surface area contributed by atoms with Crippen molar-refractivity contribution < 1.29 is 33.4 Å². The minimum Gasteiger partial charge on any atom is -0.492 e. The number of rotatable bonds is 9. The molecule has 2 amide bonds. The maximum Gasteiger partial charge on any atom is 0.635 e. The zero-order valence-electron chi connectivity index (χ0n) is 17.5. The minimum atomic E-state index is -2.13. The topological polar surface area (TPSA) is 108 Å². The van der Waals surface area contributed by atoms with E-state index in [1.165, 1.54) is 24.3 Å². The Morgan fingerprint density at radius 3 is 2.78 bits per heavy atom. The average molecular weight is 442 g/mol. The summed E-state index contributed by atoms with van der Waals surface area (Å²) in [5.41, 5.74) is 1.81. The van der Waals surface area contributed by atoms with Crippen LogP contribution in [0.2, 0.25) is 0 Å². The van der Waals surface area contributed by atoms with E-state index in [9.17, 15) is 24.0 Å². The first-order chi connectivity index (χ1) is 15.3. The number of para-hydroxylation sites is 2. The first kappa shape index (κ1) is 23.5. The Bertz CT molecular complexity index is 1000. The van der Waals surface area contributed by atoms with Crippen molar-refractivity contribution in [1.82, 2.24) is 5.32 Å². The number of benzene rings is 2. The second-order valence-electron chi connectivity index (χ2n) is 7.34. The third-order valence-corrected chi connectivity index (χ3v) is 5.10. The highest BCUT2D eigenvalue weighted by atomic mass is 19.1. The van der Waals surface area contributed by atoms with Gasteiger partial charge in [-0.1, -0.05) is 36.9 Å². The molecular formula is C22H24BFN2O6. The lowest BCUT2D eigenvalue weighted by Gasteiger charge is -2.25. The van der Waals surface area contributed by atoms with E-state index in [4.69, 9.17) is 9.39 Å². The summed E-state index contributed by atoms with van der Waals surface area (Å²) < 4.78 is 25.0. The number of nitrogens with zero attached hydrogens (tertiary/aromatic N) is 1. The Morgan fingerprint density at radius 2 is 2.09 bits per heavy atom. The van der Waals surface area contributed by atoms with Gasteiger partial charge in [0.05, 0.1) is 12.3 Å². The van der Waals surface area contributed by atoms with E-state index in [0.717, 1.165) is 27.9 Å².